The van der Waals surface area contributed by atoms with Gasteiger partial charge in [-0.3, -0.25) is 4.90 Å². The highest BCUT2D eigenvalue weighted by atomic mass is 32.2. The standard InChI is InChI=1S/C19H20F2N6O2S/c20-17-7-6-16(12-18(17)21)27-19(22-23-24-27)13-25-8-10-26(11-9-25)30(28,29)14-15-4-2-1-3-5-15/h1-7,12H,8-11,13-14H2. The van der Waals surface area contributed by atoms with Crippen molar-refractivity contribution >= 4 is 10.0 Å². The fourth-order valence-electron chi connectivity index (χ4n) is 3.36. The van der Waals surface area contributed by atoms with Gasteiger partial charge in [-0.2, -0.15) is 8.99 Å². The number of rotatable bonds is 6. The van der Waals surface area contributed by atoms with Crippen molar-refractivity contribution in [2.75, 3.05) is 26.2 Å². The molecule has 1 aliphatic heterocycles. The Morgan fingerprint density at radius 1 is 0.933 bits per heavy atom. The van der Waals surface area contributed by atoms with E-state index in [2.05, 4.69) is 15.5 Å². The van der Waals surface area contributed by atoms with Crippen LogP contribution in [0.15, 0.2) is 48.5 Å². The first-order valence-electron chi connectivity index (χ1n) is 9.39. The zero-order valence-electron chi connectivity index (χ0n) is 16.0. The number of tetrazole rings is 1. The zero-order valence-corrected chi connectivity index (χ0v) is 16.8. The predicted octanol–water partition coefficient (Wildman–Crippen LogP) is 1.59. The summed E-state index contributed by atoms with van der Waals surface area (Å²) in [5.74, 6) is -1.49. The van der Waals surface area contributed by atoms with E-state index in [-0.39, 0.29) is 5.75 Å². The van der Waals surface area contributed by atoms with Crippen LogP contribution in [-0.4, -0.2) is 64.0 Å². The lowest BCUT2D eigenvalue weighted by molar-refractivity contribution is 0.177. The van der Waals surface area contributed by atoms with E-state index < -0.39 is 21.7 Å². The summed E-state index contributed by atoms with van der Waals surface area (Å²) in [4.78, 5) is 2.02. The molecule has 3 aromatic rings. The number of piperazine rings is 1. The van der Waals surface area contributed by atoms with Gasteiger partial charge in [-0.05, 0) is 28.1 Å². The molecule has 0 atom stereocenters. The summed E-state index contributed by atoms with van der Waals surface area (Å²) in [5, 5.41) is 11.5. The van der Waals surface area contributed by atoms with E-state index in [0.29, 0.717) is 44.2 Å². The Hall–Kier alpha value is -2.76. The Bertz CT molecular complexity index is 1120. The molecule has 0 spiro atoms. The Kier molecular flexibility index (Phi) is 5.84. The minimum absolute atomic E-state index is 0.0256. The molecule has 2 aromatic carbocycles. The molecule has 1 aromatic heterocycles. The number of sulfonamides is 1. The van der Waals surface area contributed by atoms with Crippen LogP contribution in [0.2, 0.25) is 0 Å². The van der Waals surface area contributed by atoms with Crippen LogP contribution in [0.25, 0.3) is 5.69 Å². The molecule has 1 aliphatic rings. The topological polar surface area (TPSA) is 84.2 Å². The summed E-state index contributed by atoms with van der Waals surface area (Å²) in [5.41, 5.74) is 1.07. The molecule has 30 heavy (non-hydrogen) atoms. The Balaban J connectivity index is 1.39. The highest BCUT2D eigenvalue weighted by Crippen LogP contribution is 2.17. The third-order valence-electron chi connectivity index (χ3n) is 4.96. The zero-order chi connectivity index (χ0) is 21.1. The highest BCUT2D eigenvalue weighted by Gasteiger charge is 2.28. The molecule has 0 N–H and O–H groups in total. The molecule has 0 saturated carbocycles. The normalized spacial score (nSPS) is 16.1. The molecule has 0 bridgehead atoms. The summed E-state index contributed by atoms with van der Waals surface area (Å²) in [6.45, 7) is 2.11. The van der Waals surface area contributed by atoms with E-state index >= 15 is 0 Å². The third-order valence-corrected chi connectivity index (χ3v) is 6.81. The smallest absolute Gasteiger partial charge is 0.218 e. The number of nitrogens with zero attached hydrogens (tertiary/aromatic N) is 6. The molecule has 0 aliphatic carbocycles. The molecule has 158 valence electrons. The molecule has 0 unspecified atom stereocenters. The van der Waals surface area contributed by atoms with Crippen LogP contribution in [0.3, 0.4) is 0 Å². The summed E-state index contributed by atoms with van der Waals surface area (Å²) in [6.07, 6.45) is 0. The van der Waals surface area contributed by atoms with E-state index in [1.165, 1.54) is 15.1 Å². The quantitative estimate of drug-likeness (QED) is 0.586. The van der Waals surface area contributed by atoms with Crippen molar-refractivity contribution in [3.8, 4) is 5.69 Å². The van der Waals surface area contributed by atoms with Crippen molar-refractivity contribution in [3.05, 3.63) is 71.6 Å². The van der Waals surface area contributed by atoms with Crippen LogP contribution in [-0.2, 0) is 22.3 Å². The largest absolute Gasteiger partial charge is 0.293 e. The fourth-order valence-corrected chi connectivity index (χ4v) is 4.88. The first kappa shape index (κ1) is 20.5. The minimum atomic E-state index is -3.40. The minimum Gasteiger partial charge on any atom is -0.293 e. The molecule has 4 rings (SSSR count). The van der Waals surface area contributed by atoms with Gasteiger partial charge in [-0.15, -0.1) is 5.10 Å². The monoisotopic (exact) mass is 434 g/mol. The van der Waals surface area contributed by atoms with Gasteiger partial charge in [-0.25, -0.2) is 17.2 Å². The maximum Gasteiger partial charge on any atom is 0.218 e. The first-order chi connectivity index (χ1) is 14.4. The van der Waals surface area contributed by atoms with Gasteiger partial charge < -0.3 is 0 Å². The van der Waals surface area contributed by atoms with Gasteiger partial charge in [0.1, 0.15) is 0 Å². The van der Waals surface area contributed by atoms with Crippen LogP contribution >= 0.6 is 0 Å². The average molecular weight is 434 g/mol. The van der Waals surface area contributed by atoms with Gasteiger partial charge in [0.15, 0.2) is 17.5 Å². The lowest BCUT2D eigenvalue weighted by atomic mass is 10.2. The van der Waals surface area contributed by atoms with E-state index in [0.717, 1.165) is 17.7 Å². The number of aromatic nitrogens is 4. The van der Waals surface area contributed by atoms with Crippen molar-refractivity contribution in [3.63, 3.8) is 0 Å². The summed E-state index contributed by atoms with van der Waals surface area (Å²) < 4.78 is 54.9. The van der Waals surface area contributed by atoms with Crippen molar-refractivity contribution in [1.82, 2.24) is 29.4 Å². The SMILES string of the molecule is O=S(=O)(Cc1ccccc1)N1CCN(Cc2nnnn2-c2ccc(F)c(F)c2)CC1. The second-order valence-corrected chi connectivity index (χ2v) is 8.99. The van der Waals surface area contributed by atoms with Gasteiger partial charge in [0.05, 0.1) is 18.0 Å². The van der Waals surface area contributed by atoms with Crippen LogP contribution in [0.5, 0.6) is 0 Å². The summed E-state index contributed by atoms with van der Waals surface area (Å²) in [6, 6.07) is 12.5. The molecule has 2 heterocycles. The maximum absolute atomic E-state index is 13.5. The molecular weight excluding hydrogens is 414 g/mol. The number of hydrogen-bond donors (Lipinski definition) is 0. The Labute approximate surface area is 172 Å². The predicted molar refractivity (Wildman–Crippen MR) is 105 cm³/mol. The third kappa shape index (κ3) is 4.53. The molecule has 11 heteroatoms. The van der Waals surface area contributed by atoms with Gasteiger partial charge in [0, 0.05) is 32.2 Å². The number of hydrogen-bond acceptors (Lipinski definition) is 6. The van der Waals surface area contributed by atoms with E-state index in [1.54, 1.807) is 12.1 Å². The molecular formula is C19H20F2N6O2S. The highest BCUT2D eigenvalue weighted by molar-refractivity contribution is 7.88. The number of halogens is 2. The van der Waals surface area contributed by atoms with Crippen molar-refractivity contribution in [2.24, 2.45) is 0 Å². The first-order valence-corrected chi connectivity index (χ1v) is 11.0. The lowest BCUT2D eigenvalue weighted by Crippen LogP contribution is -2.48. The van der Waals surface area contributed by atoms with Crippen LogP contribution < -0.4 is 0 Å². The summed E-state index contributed by atoms with van der Waals surface area (Å²) >= 11 is 0. The fraction of sp³-hybridized carbons (Fsp3) is 0.316. The van der Waals surface area contributed by atoms with Crippen LogP contribution in [0.4, 0.5) is 8.78 Å². The Morgan fingerprint density at radius 2 is 1.67 bits per heavy atom. The van der Waals surface area contributed by atoms with E-state index in [4.69, 9.17) is 0 Å². The number of benzene rings is 2. The van der Waals surface area contributed by atoms with E-state index in [9.17, 15) is 17.2 Å². The molecule has 0 radical (unpaired) electrons. The van der Waals surface area contributed by atoms with Crippen molar-refractivity contribution < 1.29 is 17.2 Å². The van der Waals surface area contributed by atoms with E-state index in [1.807, 2.05) is 23.1 Å². The maximum atomic E-state index is 13.5. The second kappa shape index (κ2) is 8.54. The second-order valence-electron chi connectivity index (χ2n) is 7.02. The molecule has 1 fully saturated rings. The average Bonchev–Trinajstić information content (AvgIpc) is 3.19. The summed E-state index contributed by atoms with van der Waals surface area (Å²) in [7, 11) is -3.40. The molecule has 8 nitrogen and oxygen atoms in total. The van der Waals surface area contributed by atoms with Gasteiger partial charge in [-0.1, -0.05) is 30.3 Å². The van der Waals surface area contributed by atoms with Crippen molar-refractivity contribution in [2.45, 2.75) is 12.3 Å². The molecule has 1 saturated heterocycles. The Morgan fingerprint density at radius 3 is 2.37 bits per heavy atom. The van der Waals surface area contributed by atoms with Crippen LogP contribution in [0.1, 0.15) is 11.4 Å². The van der Waals surface area contributed by atoms with Crippen molar-refractivity contribution in [1.29, 1.82) is 0 Å². The van der Waals surface area contributed by atoms with Gasteiger partial charge >= 0.3 is 0 Å². The van der Waals surface area contributed by atoms with Gasteiger partial charge in [0.25, 0.3) is 0 Å². The van der Waals surface area contributed by atoms with Crippen LogP contribution in [0, 0.1) is 11.6 Å². The van der Waals surface area contributed by atoms with Gasteiger partial charge in [0.2, 0.25) is 10.0 Å². The lowest BCUT2D eigenvalue weighted by Gasteiger charge is -2.33. The molecule has 0 amide bonds.